The van der Waals surface area contributed by atoms with Crippen LogP contribution in [0.2, 0.25) is 0 Å². The number of halogens is 1. The average molecular weight is 425 g/mol. The number of hydrogen-bond acceptors (Lipinski definition) is 3. The molecule has 1 N–H and O–H groups in total. The first kappa shape index (κ1) is 21.8. The van der Waals surface area contributed by atoms with Gasteiger partial charge in [0.2, 0.25) is 5.91 Å². The van der Waals surface area contributed by atoms with Crippen LogP contribution in [-0.4, -0.2) is 37.0 Å². The molecule has 166 valence electrons. The van der Waals surface area contributed by atoms with E-state index in [-0.39, 0.29) is 11.7 Å². The second-order valence-electron chi connectivity index (χ2n) is 9.17. The molecule has 1 heterocycles. The fourth-order valence-electron chi connectivity index (χ4n) is 5.06. The van der Waals surface area contributed by atoms with Crippen LogP contribution in [0, 0.1) is 11.7 Å². The summed E-state index contributed by atoms with van der Waals surface area (Å²) in [5.41, 5.74) is 1.08. The summed E-state index contributed by atoms with van der Waals surface area (Å²) in [6.45, 7) is 6.25. The monoisotopic (exact) mass is 424 g/mol. The van der Waals surface area contributed by atoms with Gasteiger partial charge in [-0.3, -0.25) is 9.69 Å². The fraction of sp³-hybridized carbons (Fsp3) is 0.500. The molecule has 0 spiro atoms. The summed E-state index contributed by atoms with van der Waals surface area (Å²) in [6.07, 6.45) is 6.20. The van der Waals surface area contributed by atoms with E-state index in [0.29, 0.717) is 6.61 Å². The Morgan fingerprint density at radius 2 is 1.81 bits per heavy atom. The largest absolute Gasteiger partial charge is 0.492 e. The molecular weight excluding hydrogens is 391 g/mol. The number of carbonyl (C=O) groups excluding carboxylic acids is 1. The zero-order chi connectivity index (χ0) is 21.7. The number of piperidine rings is 1. The van der Waals surface area contributed by atoms with E-state index < -0.39 is 5.41 Å². The van der Waals surface area contributed by atoms with Crippen molar-refractivity contribution in [2.75, 3.05) is 31.6 Å². The fourth-order valence-corrected chi connectivity index (χ4v) is 5.06. The third kappa shape index (κ3) is 5.27. The van der Waals surface area contributed by atoms with Crippen LogP contribution >= 0.6 is 0 Å². The molecule has 0 bridgehead atoms. The van der Waals surface area contributed by atoms with Crippen LogP contribution in [0.3, 0.4) is 0 Å². The van der Waals surface area contributed by atoms with Crippen molar-refractivity contribution in [3.8, 4) is 5.75 Å². The third-order valence-corrected chi connectivity index (χ3v) is 6.82. The molecule has 4 nitrogen and oxygen atoms in total. The second-order valence-corrected chi connectivity index (χ2v) is 9.17. The lowest BCUT2D eigenvalue weighted by molar-refractivity contribution is -0.121. The third-order valence-electron chi connectivity index (χ3n) is 6.82. The Kier molecular flexibility index (Phi) is 6.91. The number of carbonyl (C=O) groups is 1. The van der Waals surface area contributed by atoms with Gasteiger partial charge in [-0.15, -0.1) is 0 Å². The lowest BCUT2D eigenvalue weighted by Gasteiger charge is -2.30. The number of nitrogens with one attached hydrogen (secondary N) is 1. The molecule has 1 aliphatic carbocycles. The summed E-state index contributed by atoms with van der Waals surface area (Å²) in [5, 5.41) is 3.08. The molecule has 1 atom stereocenters. The quantitative estimate of drug-likeness (QED) is 0.648. The normalized spacial score (nSPS) is 21.0. The molecule has 1 saturated carbocycles. The number of anilines is 1. The van der Waals surface area contributed by atoms with E-state index in [9.17, 15) is 9.18 Å². The maximum Gasteiger partial charge on any atom is 0.235 e. The topological polar surface area (TPSA) is 41.6 Å². The van der Waals surface area contributed by atoms with Crippen molar-refractivity contribution in [2.45, 2.75) is 50.9 Å². The van der Waals surface area contributed by atoms with Crippen LogP contribution < -0.4 is 10.1 Å². The van der Waals surface area contributed by atoms with E-state index in [1.165, 1.54) is 25.0 Å². The Morgan fingerprint density at radius 1 is 1.10 bits per heavy atom. The average Bonchev–Trinajstić information content (AvgIpc) is 3.27. The minimum Gasteiger partial charge on any atom is -0.492 e. The van der Waals surface area contributed by atoms with Crippen LogP contribution in [0.1, 0.15) is 51.0 Å². The molecule has 31 heavy (non-hydrogen) atoms. The predicted octanol–water partition coefficient (Wildman–Crippen LogP) is 5.39. The first-order valence-corrected chi connectivity index (χ1v) is 11.6. The molecule has 1 aliphatic heterocycles. The van der Waals surface area contributed by atoms with Crippen molar-refractivity contribution < 1.29 is 13.9 Å². The Hall–Kier alpha value is -2.40. The lowest BCUT2D eigenvalue weighted by atomic mass is 9.78. The standard InChI is InChI=1S/C26H33FN2O2/c1-20-5-4-16-29(19-20)17-18-31-24-12-10-23(11-13-24)28-25(30)26(14-2-3-15-26)21-6-8-22(27)9-7-21/h6-13,20H,2-5,14-19H2,1H3,(H,28,30)/t20-/m0/s1. The molecule has 0 aromatic heterocycles. The molecule has 5 heteroatoms. The summed E-state index contributed by atoms with van der Waals surface area (Å²) in [6, 6.07) is 14.0. The number of nitrogens with zero attached hydrogens (tertiary/aromatic N) is 1. The summed E-state index contributed by atoms with van der Waals surface area (Å²) in [5.74, 6) is 1.30. The molecule has 2 aliphatic rings. The van der Waals surface area contributed by atoms with Crippen molar-refractivity contribution in [1.82, 2.24) is 4.90 Å². The van der Waals surface area contributed by atoms with Crippen LogP contribution in [0.25, 0.3) is 0 Å². The van der Waals surface area contributed by atoms with Gasteiger partial charge < -0.3 is 10.1 Å². The van der Waals surface area contributed by atoms with E-state index in [2.05, 4.69) is 17.1 Å². The highest BCUT2D eigenvalue weighted by molar-refractivity contribution is 5.99. The van der Waals surface area contributed by atoms with Crippen LogP contribution in [0.15, 0.2) is 48.5 Å². The van der Waals surface area contributed by atoms with E-state index in [1.807, 2.05) is 24.3 Å². The van der Waals surface area contributed by atoms with Crippen molar-refractivity contribution >= 4 is 11.6 Å². The maximum atomic E-state index is 13.4. The van der Waals surface area contributed by atoms with Gasteiger partial charge in [0.05, 0.1) is 5.41 Å². The lowest BCUT2D eigenvalue weighted by Crippen LogP contribution is -2.38. The Balaban J connectivity index is 1.33. The molecule has 1 saturated heterocycles. The van der Waals surface area contributed by atoms with E-state index in [1.54, 1.807) is 12.1 Å². The molecule has 2 aromatic rings. The van der Waals surface area contributed by atoms with Gasteiger partial charge in [-0.05, 0) is 80.1 Å². The van der Waals surface area contributed by atoms with Crippen LogP contribution in [-0.2, 0) is 10.2 Å². The molecular formula is C26H33FN2O2. The van der Waals surface area contributed by atoms with Gasteiger partial charge in [0.1, 0.15) is 18.2 Å². The highest BCUT2D eigenvalue weighted by atomic mass is 19.1. The zero-order valence-corrected chi connectivity index (χ0v) is 18.4. The molecule has 4 rings (SSSR count). The minimum absolute atomic E-state index is 0.00973. The van der Waals surface area contributed by atoms with Crippen molar-refractivity contribution in [1.29, 1.82) is 0 Å². The number of likely N-dealkylation sites (tertiary alicyclic amines) is 1. The first-order valence-electron chi connectivity index (χ1n) is 11.6. The Morgan fingerprint density at radius 3 is 2.48 bits per heavy atom. The summed E-state index contributed by atoms with van der Waals surface area (Å²) in [7, 11) is 0. The van der Waals surface area contributed by atoms with Crippen LogP contribution in [0.4, 0.5) is 10.1 Å². The van der Waals surface area contributed by atoms with Gasteiger partial charge in [0.15, 0.2) is 0 Å². The summed E-state index contributed by atoms with van der Waals surface area (Å²) >= 11 is 0. The van der Waals surface area contributed by atoms with Gasteiger partial charge in [0.25, 0.3) is 0 Å². The smallest absolute Gasteiger partial charge is 0.235 e. The number of rotatable bonds is 7. The van der Waals surface area contributed by atoms with Crippen molar-refractivity contribution in [3.63, 3.8) is 0 Å². The first-order chi connectivity index (χ1) is 15.0. The predicted molar refractivity (Wildman–Crippen MR) is 122 cm³/mol. The maximum absolute atomic E-state index is 13.4. The Labute approximate surface area is 184 Å². The second kappa shape index (κ2) is 9.82. The highest BCUT2D eigenvalue weighted by Crippen LogP contribution is 2.42. The van der Waals surface area contributed by atoms with E-state index in [0.717, 1.165) is 68.2 Å². The van der Waals surface area contributed by atoms with E-state index >= 15 is 0 Å². The summed E-state index contributed by atoms with van der Waals surface area (Å²) in [4.78, 5) is 15.7. The van der Waals surface area contributed by atoms with Gasteiger partial charge >= 0.3 is 0 Å². The Bertz CT molecular complexity index is 860. The molecule has 2 aromatic carbocycles. The van der Waals surface area contributed by atoms with Gasteiger partial charge in [-0.2, -0.15) is 0 Å². The number of amides is 1. The van der Waals surface area contributed by atoms with Crippen molar-refractivity contribution in [3.05, 3.63) is 59.9 Å². The highest BCUT2D eigenvalue weighted by Gasteiger charge is 2.42. The summed E-state index contributed by atoms with van der Waals surface area (Å²) < 4.78 is 19.3. The zero-order valence-electron chi connectivity index (χ0n) is 18.4. The molecule has 0 radical (unpaired) electrons. The molecule has 1 amide bonds. The molecule has 2 fully saturated rings. The number of hydrogen-bond donors (Lipinski definition) is 1. The van der Waals surface area contributed by atoms with Gasteiger partial charge in [-0.1, -0.05) is 31.9 Å². The van der Waals surface area contributed by atoms with Crippen LogP contribution in [0.5, 0.6) is 5.75 Å². The number of ether oxygens (including phenoxy) is 1. The van der Waals surface area contributed by atoms with Gasteiger partial charge in [-0.25, -0.2) is 4.39 Å². The number of benzene rings is 2. The SMILES string of the molecule is C[C@H]1CCCN(CCOc2ccc(NC(=O)C3(c4ccc(F)cc4)CCCC3)cc2)C1. The van der Waals surface area contributed by atoms with Crippen molar-refractivity contribution in [2.24, 2.45) is 5.92 Å². The van der Waals surface area contributed by atoms with E-state index in [4.69, 9.17) is 4.74 Å². The minimum atomic E-state index is -0.575. The van der Waals surface area contributed by atoms with Gasteiger partial charge in [0, 0.05) is 18.8 Å². The molecule has 0 unspecified atom stereocenters.